The summed E-state index contributed by atoms with van der Waals surface area (Å²) in [6.07, 6.45) is 2.73. The molecule has 0 heterocycles. The van der Waals surface area contributed by atoms with E-state index in [9.17, 15) is 14.0 Å². The predicted octanol–water partition coefficient (Wildman–Crippen LogP) is 1.95. The number of nitrogens with one attached hydrogen (secondary N) is 3. The summed E-state index contributed by atoms with van der Waals surface area (Å²) in [7, 11) is 1.55. The van der Waals surface area contributed by atoms with Crippen LogP contribution in [0.4, 0.5) is 4.39 Å². The molecule has 2 aromatic carbocycles. The fraction of sp³-hybridized carbons (Fsp3) is 0.105. The number of hydrogen-bond acceptors (Lipinski definition) is 5. The molecule has 0 unspecified atom stereocenters. The highest BCUT2D eigenvalue weighted by atomic mass is 32.1. The van der Waals surface area contributed by atoms with E-state index in [0.29, 0.717) is 17.1 Å². The summed E-state index contributed by atoms with van der Waals surface area (Å²) >= 11 is 4.91. The standard InChI is InChI=1S/C19H18FN3O4S/c1-26-15-7-9-16(10-8-15)27-12-18(25)22-23-19(28)21-17(24)11-4-13-2-5-14(20)6-3-13/h2-11H,12H2,1H3,(H,22,25)(H2,21,23,24,28). The van der Waals surface area contributed by atoms with Gasteiger partial charge in [-0.2, -0.15) is 0 Å². The van der Waals surface area contributed by atoms with Gasteiger partial charge >= 0.3 is 0 Å². The number of benzene rings is 2. The molecule has 9 heteroatoms. The van der Waals surface area contributed by atoms with Crippen LogP contribution in [0.25, 0.3) is 6.08 Å². The monoisotopic (exact) mass is 403 g/mol. The summed E-state index contributed by atoms with van der Waals surface area (Å²) in [5.41, 5.74) is 5.34. The zero-order valence-corrected chi connectivity index (χ0v) is 15.7. The summed E-state index contributed by atoms with van der Waals surface area (Å²) in [4.78, 5) is 23.5. The largest absolute Gasteiger partial charge is 0.497 e. The Bertz CT molecular complexity index is 854. The zero-order chi connectivity index (χ0) is 20.4. The Balaban J connectivity index is 1.68. The van der Waals surface area contributed by atoms with Gasteiger partial charge < -0.3 is 9.47 Å². The van der Waals surface area contributed by atoms with Gasteiger partial charge in [-0.25, -0.2) is 4.39 Å². The van der Waals surface area contributed by atoms with E-state index in [1.807, 2.05) is 0 Å². The minimum Gasteiger partial charge on any atom is -0.497 e. The van der Waals surface area contributed by atoms with Crippen LogP contribution in [0.3, 0.4) is 0 Å². The first-order valence-corrected chi connectivity index (χ1v) is 8.47. The molecule has 0 spiro atoms. The predicted molar refractivity (Wildman–Crippen MR) is 106 cm³/mol. The lowest BCUT2D eigenvalue weighted by Gasteiger charge is -2.10. The van der Waals surface area contributed by atoms with Crippen LogP contribution in [0, 0.1) is 5.82 Å². The molecule has 0 aliphatic rings. The van der Waals surface area contributed by atoms with Gasteiger partial charge in [0.15, 0.2) is 11.7 Å². The number of methoxy groups -OCH3 is 1. The first-order chi connectivity index (χ1) is 13.5. The van der Waals surface area contributed by atoms with Gasteiger partial charge in [0.1, 0.15) is 17.3 Å². The maximum atomic E-state index is 12.8. The van der Waals surface area contributed by atoms with Gasteiger partial charge in [-0.1, -0.05) is 12.1 Å². The van der Waals surface area contributed by atoms with E-state index in [1.165, 1.54) is 36.4 Å². The molecule has 146 valence electrons. The topological polar surface area (TPSA) is 88.7 Å². The number of ether oxygens (including phenoxy) is 2. The van der Waals surface area contributed by atoms with Crippen molar-refractivity contribution in [1.82, 2.24) is 16.2 Å². The third-order valence-electron chi connectivity index (χ3n) is 3.28. The molecule has 0 radical (unpaired) electrons. The molecule has 0 atom stereocenters. The number of thiocarbonyl (C=S) groups is 1. The van der Waals surface area contributed by atoms with Crippen molar-refractivity contribution in [2.75, 3.05) is 13.7 Å². The van der Waals surface area contributed by atoms with E-state index in [-0.39, 0.29) is 17.5 Å². The van der Waals surface area contributed by atoms with Crippen molar-refractivity contribution in [3.8, 4) is 11.5 Å². The molecule has 0 aliphatic heterocycles. The first-order valence-electron chi connectivity index (χ1n) is 8.06. The SMILES string of the molecule is COc1ccc(OCC(=O)NNC(=S)NC(=O)C=Cc2ccc(F)cc2)cc1. The van der Waals surface area contributed by atoms with Gasteiger partial charge in [0.25, 0.3) is 5.91 Å². The third-order valence-corrected chi connectivity index (χ3v) is 3.48. The average molecular weight is 403 g/mol. The molecular weight excluding hydrogens is 385 g/mol. The maximum Gasteiger partial charge on any atom is 0.276 e. The van der Waals surface area contributed by atoms with Gasteiger partial charge in [-0.15, -0.1) is 0 Å². The number of hydrogen-bond donors (Lipinski definition) is 3. The quantitative estimate of drug-likeness (QED) is 0.388. The Morgan fingerprint density at radius 1 is 1.04 bits per heavy atom. The van der Waals surface area contributed by atoms with Crippen molar-refractivity contribution in [2.45, 2.75) is 0 Å². The van der Waals surface area contributed by atoms with Crippen LogP contribution in [0.15, 0.2) is 54.6 Å². The van der Waals surface area contributed by atoms with Gasteiger partial charge in [0, 0.05) is 6.08 Å². The van der Waals surface area contributed by atoms with Crippen molar-refractivity contribution in [2.24, 2.45) is 0 Å². The lowest BCUT2D eigenvalue weighted by Crippen LogP contribution is -2.49. The highest BCUT2D eigenvalue weighted by molar-refractivity contribution is 7.80. The Labute approximate surface area is 166 Å². The molecule has 0 saturated heterocycles. The van der Waals surface area contributed by atoms with E-state index in [0.717, 1.165) is 0 Å². The lowest BCUT2D eigenvalue weighted by molar-refractivity contribution is -0.123. The molecule has 0 bridgehead atoms. The van der Waals surface area contributed by atoms with E-state index in [2.05, 4.69) is 16.2 Å². The van der Waals surface area contributed by atoms with Crippen LogP contribution in [-0.2, 0) is 9.59 Å². The van der Waals surface area contributed by atoms with Crippen LogP contribution in [0.5, 0.6) is 11.5 Å². The minimum absolute atomic E-state index is 0.0912. The molecule has 0 saturated carbocycles. The number of halogens is 1. The second-order valence-corrected chi connectivity index (χ2v) is 5.75. The van der Waals surface area contributed by atoms with Crippen LogP contribution in [0.1, 0.15) is 5.56 Å². The summed E-state index contributed by atoms with van der Waals surface area (Å²) < 4.78 is 23.1. The second-order valence-electron chi connectivity index (χ2n) is 5.34. The lowest BCUT2D eigenvalue weighted by atomic mass is 10.2. The zero-order valence-electron chi connectivity index (χ0n) is 14.9. The highest BCUT2D eigenvalue weighted by Gasteiger charge is 2.05. The van der Waals surface area contributed by atoms with Gasteiger partial charge in [-0.3, -0.25) is 25.8 Å². The van der Waals surface area contributed by atoms with Crippen molar-refractivity contribution < 1.29 is 23.5 Å². The van der Waals surface area contributed by atoms with E-state index in [1.54, 1.807) is 31.4 Å². The second kappa shape index (κ2) is 10.6. The van der Waals surface area contributed by atoms with Crippen LogP contribution < -0.4 is 25.6 Å². The van der Waals surface area contributed by atoms with Crippen LogP contribution >= 0.6 is 12.2 Å². The minimum atomic E-state index is -0.509. The number of rotatable bonds is 6. The summed E-state index contributed by atoms with van der Waals surface area (Å²) in [5.74, 6) is -0.190. The Kier molecular flexibility index (Phi) is 7.92. The van der Waals surface area contributed by atoms with E-state index in [4.69, 9.17) is 21.7 Å². The number of carbonyl (C=O) groups excluding carboxylic acids is 2. The fourth-order valence-corrected chi connectivity index (χ4v) is 2.07. The molecule has 2 aromatic rings. The van der Waals surface area contributed by atoms with E-state index >= 15 is 0 Å². The Morgan fingerprint density at radius 3 is 2.32 bits per heavy atom. The fourth-order valence-electron chi connectivity index (χ4n) is 1.91. The molecule has 0 fully saturated rings. The maximum absolute atomic E-state index is 12.8. The number of amides is 2. The van der Waals surface area contributed by atoms with Crippen LogP contribution in [-0.4, -0.2) is 30.6 Å². The summed E-state index contributed by atoms with van der Waals surface area (Å²) in [6, 6.07) is 12.4. The molecule has 28 heavy (non-hydrogen) atoms. The van der Waals surface area contributed by atoms with E-state index < -0.39 is 11.8 Å². The van der Waals surface area contributed by atoms with Crippen molar-refractivity contribution in [1.29, 1.82) is 0 Å². The Hall–Kier alpha value is -3.46. The molecule has 3 N–H and O–H groups in total. The van der Waals surface area contributed by atoms with Crippen molar-refractivity contribution in [3.63, 3.8) is 0 Å². The Morgan fingerprint density at radius 2 is 1.68 bits per heavy atom. The van der Waals surface area contributed by atoms with Crippen molar-refractivity contribution in [3.05, 3.63) is 66.0 Å². The first kappa shape index (κ1) is 20.8. The number of carbonyl (C=O) groups is 2. The van der Waals surface area contributed by atoms with Gasteiger partial charge in [-0.05, 0) is 60.3 Å². The molecule has 2 rings (SSSR count). The molecule has 0 aromatic heterocycles. The molecule has 7 nitrogen and oxygen atoms in total. The molecule has 0 aliphatic carbocycles. The number of hydrazine groups is 1. The normalized spacial score (nSPS) is 10.2. The van der Waals surface area contributed by atoms with Crippen molar-refractivity contribution >= 4 is 35.2 Å². The molecular formula is C19H18FN3O4S. The summed E-state index contributed by atoms with van der Waals surface area (Å²) in [5, 5.41) is 2.26. The smallest absolute Gasteiger partial charge is 0.276 e. The van der Waals surface area contributed by atoms with Gasteiger partial charge in [0.05, 0.1) is 7.11 Å². The third kappa shape index (κ3) is 7.42. The summed E-state index contributed by atoms with van der Waals surface area (Å²) in [6.45, 7) is -0.250. The highest BCUT2D eigenvalue weighted by Crippen LogP contribution is 2.16. The molecule has 2 amide bonds. The van der Waals surface area contributed by atoms with Gasteiger partial charge in [0.2, 0.25) is 5.91 Å². The van der Waals surface area contributed by atoms with Crippen LogP contribution in [0.2, 0.25) is 0 Å². The average Bonchev–Trinajstić information content (AvgIpc) is 2.70.